The fourth-order valence-corrected chi connectivity index (χ4v) is 5.48. The van der Waals surface area contributed by atoms with Crippen molar-refractivity contribution in [2.75, 3.05) is 40.1 Å². The standard InChI is InChI=1S/C29H40O8/c1-20(2)5-11-24-28(3,37-24)27-26(32-4)23(13-14-29(27)19-35-29)36-25(31)12-8-21-6-9-22(10-7-21)34-18-17-33-16-15-30/h5-10,12,23-24,26-27,30H,11,13-19H2,1-4H3/b12-8+/t23-,24+,26-,27-,28-,29+/m1/s1. The van der Waals surface area contributed by atoms with Gasteiger partial charge in [0.05, 0.1) is 38.4 Å². The van der Waals surface area contributed by atoms with E-state index in [1.807, 2.05) is 24.3 Å². The van der Waals surface area contributed by atoms with Crippen molar-refractivity contribution < 1.29 is 38.3 Å². The van der Waals surface area contributed by atoms with E-state index in [-0.39, 0.29) is 42.0 Å². The predicted octanol–water partition coefficient (Wildman–Crippen LogP) is 3.71. The first-order valence-electron chi connectivity index (χ1n) is 13.1. The molecule has 1 aromatic carbocycles. The molecule has 1 spiro atoms. The van der Waals surface area contributed by atoms with E-state index < -0.39 is 5.97 Å². The van der Waals surface area contributed by atoms with Crippen LogP contribution in [0.1, 0.15) is 45.6 Å². The van der Waals surface area contributed by atoms with Gasteiger partial charge in [0.2, 0.25) is 0 Å². The molecule has 0 amide bonds. The SMILES string of the molecule is CO[C@@H]1[C@H](OC(=O)/C=C/c2ccc(OCCOCCO)cc2)CC[C@]2(CO2)[C@H]1[C@]1(C)O[C@H]1CC=C(C)C. The van der Waals surface area contributed by atoms with Crippen molar-refractivity contribution in [2.45, 2.75) is 69.5 Å². The summed E-state index contributed by atoms with van der Waals surface area (Å²) < 4.78 is 34.8. The zero-order chi connectivity index (χ0) is 26.5. The number of benzene rings is 1. The largest absolute Gasteiger partial charge is 0.491 e. The summed E-state index contributed by atoms with van der Waals surface area (Å²) in [5, 5.41) is 8.71. The van der Waals surface area contributed by atoms with Gasteiger partial charge in [0.1, 0.15) is 35.8 Å². The number of hydrogen-bond acceptors (Lipinski definition) is 8. The van der Waals surface area contributed by atoms with E-state index in [1.54, 1.807) is 13.2 Å². The summed E-state index contributed by atoms with van der Waals surface area (Å²) in [5.74, 6) is 0.305. The second-order valence-electron chi connectivity index (χ2n) is 10.4. The Hall–Kier alpha value is -2.23. The molecule has 0 bridgehead atoms. The van der Waals surface area contributed by atoms with Crippen molar-refractivity contribution in [3.63, 3.8) is 0 Å². The molecule has 2 aliphatic heterocycles. The molecule has 0 aromatic heterocycles. The van der Waals surface area contributed by atoms with Crippen molar-refractivity contribution >= 4 is 12.0 Å². The molecule has 8 nitrogen and oxygen atoms in total. The van der Waals surface area contributed by atoms with Crippen LogP contribution in [0.5, 0.6) is 5.75 Å². The van der Waals surface area contributed by atoms with Gasteiger partial charge in [-0.15, -0.1) is 0 Å². The van der Waals surface area contributed by atoms with E-state index in [0.29, 0.717) is 38.6 Å². The van der Waals surface area contributed by atoms with Crippen molar-refractivity contribution in [1.82, 2.24) is 0 Å². The molecule has 3 aliphatic rings. The number of ether oxygens (including phenoxy) is 6. The highest BCUT2D eigenvalue weighted by Gasteiger charge is 2.72. The molecule has 0 radical (unpaired) electrons. The van der Waals surface area contributed by atoms with E-state index in [9.17, 15) is 4.79 Å². The van der Waals surface area contributed by atoms with Gasteiger partial charge in [0.25, 0.3) is 0 Å². The molecule has 6 atom stereocenters. The summed E-state index contributed by atoms with van der Waals surface area (Å²) in [6.07, 6.45) is 7.20. The van der Waals surface area contributed by atoms with Crippen LogP contribution in [0.3, 0.4) is 0 Å². The Morgan fingerprint density at radius 2 is 1.95 bits per heavy atom. The van der Waals surface area contributed by atoms with Gasteiger partial charge < -0.3 is 33.5 Å². The van der Waals surface area contributed by atoms with Gasteiger partial charge in [-0.1, -0.05) is 23.8 Å². The first kappa shape index (κ1) is 27.8. The summed E-state index contributed by atoms with van der Waals surface area (Å²) in [6.45, 7) is 8.12. The molecule has 2 heterocycles. The molecule has 1 aliphatic carbocycles. The fraction of sp³-hybridized carbons (Fsp3) is 0.621. The van der Waals surface area contributed by atoms with Crippen LogP contribution >= 0.6 is 0 Å². The number of esters is 1. The van der Waals surface area contributed by atoms with E-state index in [1.165, 1.54) is 11.6 Å². The molecule has 1 saturated carbocycles. The first-order chi connectivity index (χ1) is 17.8. The number of aliphatic hydroxyl groups excluding tert-OH is 1. The Morgan fingerprint density at radius 3 is 2.59 bits per heavy atom. The van der Waals surface area contributed by atoms with Crippen LogP contribution in [-0.4, -0.2) is 80.7 Å². The molecule has 204 valence electrons. The van der Waals surface area contributed by atoms with Crippen molar-refractivity contribution in [2.24, 2.45) is 5.92 Å². The number of carbonyl (C=O) groups is 1. The summed E-state index contributed by atoms with van der Waals surface area (Å²) in [6, 6.07) is 7.41. The average Bonchev–Trinajstić information content (AvgIpc) is 3.80. The predicted molar refractivity (Wildman–Crippen MR) is 138 cm³/mol. The minimum Gasteiger partial charge on any atom is -0.491 e. The van der Waals surface area contributed by atoms with E-state index >= 15 is 0 Å². The zero-order valence-corrected chi connectivity index (χ0v) is 22.3. The van der Waals surface area contributed by atoms with E-state index in [2.05, 4.69) is 26.8 Å². The van der Waals surface area contributed by atoms with Crippen molar-refractivity contribution in [3.8, 4) is 5.75 Å². The zero-order valence-electron chi connectivity index (χ0n) is 22.3. The highest BCUT2D eigenvalue weighted by Crippen LogP contribution is 2.59. The lowest BCUT2D eigenvalue weighted by molar-refractivity contribution is -0.166. The molecule has 0 unspecified atom stereocenters. The Kier molecular flexibility index (Phi) is 9.08. The molecule has 4 rings (SSSR count). The minimum absolute atomic E-state index is 0.00215. The smallest absolute Gasteiger partial charge is 0.331 e. The summed E-state index contributed by atoms with van der Waals surface area (Å²) in [4.78, 5) is 12.7. The van der Waals surface area contributed by atoms with Crippen LogP contribution in [0, 0.1) is 5.92 Å². The first-order valence-corrected chi connectivity index (χ1v) is 13.1. The molecule has 8 heteroatoms. The minimum atomic E-state index is -0.400. The normalized spacial score (nSPS) is 32.4. The number of rotatable bonds is 13. The second-order valence-corrected chi connectivity index (χ2v) is 10.4. The summed E-state index contributed by atoms with van der Waals surface area (Å²) in [7, 11) is 1.68. The second kappa shape index (κ2) is 12.1. The molecule has 37 heavy (non-hydrogen) atoms. The molecule has 1 N–H and O–H groups in total. The third-order valence-corrected chi connectivity index (χ3v) is 7.53. The Balaban J connectivity index is 1.32. The number of methoxy groups -OCH3 is 1. The fourth-order valence-electron chi connectivity index (χ4n) is 5.48. The third kappa shape index (κ3) is 6.81. The highest BCUT2D eigenvalue weighted by atomic mass is 16.6. The van der Waals surface area contributed by atoms with E-state index in [0.717, 1.165) is 18.4 Å². The molecule has 1 aromatic rings. The van der Waals surface area contributed by atoms with Crippen molar-refractivity contribution in [1.29, 1.82) is 0 Å². The quantitative estimate of drug-likeness (QED) is 0.139. The lowest BCUT2D eigenvalue weighted by atomic mass is 9.68. The number of allylic oxidation sites excluding steroid dienone is 1. The maximum absolute atomic E-state index is 12.7. The van der Waals surface area contributed by atoms with Crippen molar-refractivity contribution in [3.05, 3.63) is 47.6 Å². The monoisotopic (exact) mass is 516 g/mol. The van der Waals surface area contributed by atoms with Crippen LogP contribution in [0.25, 0.3) is 6.08 Å². The Labute approximate surface area is 219 Å². The van der Waals surface area contributed by atoms with Gasteiger partial charge in [0.15, 0.2) is 0 Å². The number of hydrogen-bond donors (Lipinski definition) is 1. The third-order valence-electron chi connectivity index (χ3n) is 7.53. The van der Waals surface area contributed by atoms with Gasteiger partial charge in [0, 0.05) is 13.2 Å². The topological polar surface area (TPSA) is 99.3 Å². The lowest BCUT2D eigenvalue weighted by Crippen LogP contribution is -2.55. The van der Waals surface area contributed by atoms with Gasteiger partial charge in [-0.25, -0.2) is 4.79 Å². The van der Waals surface area contributed by atoms with Crippen LogP contribution in [0.4, 0.5) is 0 Å². The number of aliphatic hydroxyl groups is 1. The maximum atomic E-state index is 12.7. The van der Waals surface area contributed by atoms with Crippen LogP contribution in [0.15, 0.2) is 42.0 Å². The molecule has 2 saturated heterocycles. The molecular weight excluding hydrogens is 476 g/mol. The maximum Gasteiger partial charge on any atom is 0.331 e. The van der Waals surface area contributed by atoms with Crippen LogP contribution in [0.2, 0.25) is 0 Å². The van der Waals surface area contributed by atoms with Gasteiger partial charge in [-0.05, 0) is 63.8 Å². The molecule has 3 fully saturated rings. The number of carbonyl (C=O) groups excluding carboxylic acids is 1. The van der Waals surface area contributed by atoms with Crippen LogP contribution < -0.4 is 4.74 Å². The lowest BCUT2D eigenvalue weighted by Gasteiger charge is -2.42. The summed E-state index contributed by atoms with van der Waals surface area (Å²) >= 11 is 0. The highest BCUT2D eigenvalue weighted by molar-refractivity contribution is 5.87. The average molecular weight is 517 g/mol. The van der Waals surface area contributed by atoms with Gasteiger partial charge in [-0.2, -0.15) is 0 Å². The van der Waals surface area contributed by atoms with Crippen LogP contribution in [-0.2, 0) is 28.5 Å². The van der Waals surface area contributed by atoms with Gasteiger partial charge >= 0.3 is 5.97 Å². The summed E-state index contributed by atoms with van der Waals surface area (Å²) in [5.41, 5.74) is 1.52. The number of epoxide rings is 2. The van der Waals surface area contributed by atoms with Gasteiger partial charge in [-0.3, -0.25) is 0 Å². The van der Waals surface area contributed by atoms with E-state index in [4.69, 9.17) is 33.5 Å². The Morgan fingerprint density at radius 1 is 1.19 bits per heavy atom. The molecular formula is C29H40O8. The Bertz CT molecular complexity index is 963.